The predicted octanol–water partition coefficient (Wildman–Crippen LogP) is 0.276. The summed E-state index contributed by atoms with van der Waals surface area (Å²) in [4.78, 5) is 26.0. The van der Waals surface area contributed by atoms with Crippen molar-refractivity contribution in [1.29, 1.82) is 0 Å². The molecular formula is C16H21N3O4. The smallest absolute Gasteiger partial charge is 0.227 e. The number of amides is 2. The highest BCUT2D eigenvalue weighted by molar-refractivity contribution is 6.00. The zero-order valence-electron chi connectivity index (χ0n) is 12.9. The summed E-state index contributed by atoms with van der Waals surface area (Å²) >= 11 is 0. The number of carbonyl (C=O) groups is 2. The van der Waals surface area contributed by atoms with Gasteiger partial charge in [-0.25, -0.2) is 0 Å². The Hall–Kier alpha value is -2.28. The van der Waals surface area contributed by atoms with Gasteiger partial charge in [-0.1, -0.05) is 0 Å². The fourth-order valence-electron chi connectivity index (χ4n) is 2.79. The Kier molecular flexibility index (Phi) is 4.66. The normalized spacial score (nSPS) is 19.8. The molecule has 0 spiro atoms. The van der Waals surface area contributed by atoms with Crippen LogP contribution < -0.4 is 25.4 Å². The van der Waals surface area contributed by atoms with Crippen LogP contribution in [-0.2, 0) is 9.59 Å². The molecule has 0 radical (unpaired) electrons. The first-order chi connectivity index (χ1) is 11.2. The van der Waals surface area contributed by atoms with Crippen molar-refractivity contribution >= 4 is 17.5 Å². The van der Waals surface area contributed by atoms with Gasteiger partial charge in [0.2, 0.25) is 11.8 Å². The predicted molar refractivity (Wildman–Crippen MR) is 84.6 cm³/mol. The maximum absolute atomic E-state index is 12.2. The van der Waals surface area contributed by atoms with Crippen LogP contribution >= 0.6 is 0 Å². The third-order valence-electron chi connectivity index (χ3n) is 4.01. The van der Waals surface area contributed by atoms with E-state index in [1.54, 1.807) is 17.0 Å². The SMILES string of the molecule is NCCCNC(=O)C1CC(=O)N(c2ccc3c(c2)OCCO3)C1. The van der Waals surface area contributed by atoms with Crippen molar-refractivity contribution in [2.75, 3.05) is 37.7 Å². The van der Waals surface area contributed by atoms with Crippen molar-refractivity contribution in [3.05, 3.63) is 18.2 Å². The quantitative estimate of drug-likeness (QED) is 0.760. The van der Waals surface area contributed by atoms with E-state index in [2.05, 4.69) is 5.32 Å². The molecule has 1 unspecified atom stereocenters. The van der Waals surface area contributed by atoms with E-state index in [9.17, 15) is 9.59 Å². The zero-order chi connectivity index (χ0) is 16.2. The highest BCUT2D eigenvalue weighted by Gasteiger charge is 2.35. The molecule has 23 heavy (non-hydrogen) atoms. The van der Waals surface area contributed by atoms with Crippen LogP contribution in [0.3, 0.4) is 0 Å². The van der Waals surface area contributed by atoms with Gasteiger partial charge >= 0.3 is 0 Å². The summed E-state index contributed by atoms with van der Waals surface area (Å²) in [5.74, 6) is 0.848. The van der Waals surface area contributed by atoms with Crippen LogP contribution in [0.25, 0.3) is 0 Å². The molecule has 3 rings (SSSR count). The number of anilines is 1. The summed E-state index contributed by atoms with van der Waals surface area (Å²) in [5, 5.41) is 2.83. The van der Waals surface area contributed by atoms with Gasteiger partial charge in [0.05, 0.1) is 5.92 Å². The van der Waals surface area contributed by atoms with Gasteiger partial charge in [0.15, 0.2) is 11.5 Å². The van der Waals surface area contributed by atoms with Gasteiger partial charge in [-0.2, -0.15) is 0 Å². The number of fused-ring (bicyclic) bond motifs is 1. The number of nitrogens with two attached hydrogens (primary N) is 1. The minimum atomic E-state index is -0.325. The van der Waals surface area contributed by atoms with E-state index in [1.165, 1.54) is 0 Å². The summed E-state index contributed by atoms with van der Waals surface area (Å²) in [6, 6.07) is 5.41. The first-order valence-electron chi connectivity index (χ1n) is 7.87. The van der Waals surface area contributed by atoms with Crippen molar-refractivity contribution in [2.24, 2.45) is 11.7 Å². The lowest BCUT2D eigenvalue weighted by Crippen LogP contribution is -2.34. The van der Waals surface area contributed by atoms with E-state index in [0.717, 1.165) is 12.1 Å². The number of carbonyl (C=O) groups excluding carboxylic acids is 2. The third-order valence-corrected chi connectivity index (χ3v) is 4.01. The van der Waals surface area contributed by atoms with Crippen LogP contribution in [0.5, 0.6) is 11.5 Å². The number of nitrogens with one attached hydrogen (secondary N) is 1. The molecule has 7 nitrogen and oxygen atoms in total. The first-order valence-corrected chi connectivity index (χ1v) is 7.87. The maximum atomic E-state index is 12.2. The highest BCUT2D eigenvalue weighted by Crippen LogP contribution is 2.35. The van der Waals surface area contributed by atoms with E-state index in [-0.39, 0.29) is 24.2 Å². The van der Waals surface area contributed by atoms with Crippen LogP contribution in [-0.4, -0.2) is 44.7 Å². The average Bonchev–Trinajstić information content (AvgIpc) is 2.96. The number of nitrogens with zero attached hydrogens (tertiary/aromatic N) is 1. The molecule has 7 heteroatoms. The van der Waals surface area contributed by atoms with Crippen LogP contribution in [0.1, 0.15) is 12.8 Å². The lowest BCUT2D eigenvalue weighted by molar-refractivity contribution is -0.126. The molecule has 1 saturated heterocycles. The summed E-state index contributed by atoms with van der Waals surface area (Å²) in [7, 11) is 0. The average molecular weight is 319 g/mol. The molecule has 1 aromatic carbocycles. The van der Waals surface area contributed by atoms with Crippen molar-refractivity contribution < 1.29 is 19.1 Å². The largest absolute Gasteiger partial charge is 0.486 e. The molecule has 1 atom stereocenters. The van der Waals surface area contributed by atoms with Crippen LogP contribution in [0.2, 0.25) is 0 Å². The molecule has 1 aromatic rings. The molecule has 1 fully saturated rings. The van der Waals surface area contributed by atoms with Crippen molar-refractivity contribution in [3.63, 3.8) is 0 Å². The summed E-state index contributed by atoms with van der Waals surface area (Å²) in [5.41, 5.74) is 6.14. The molecule has 2 aliphatic heterocycles. The van der Waals surface area contributed by atoms with Gasteiger partial charge < -0.3 is 25.4 Å². The van der Waals surface area contributed by atoms with Crippen molar-refractivity contribution in [1.82, 2.24) is 5.32 Å². The lowest BCUT2D eigenvalue weighted by Gasteiger charge is -2.22. The van der Waals surface area contributed by atoms with E-state index in [0.29, 0.717) is 44.3 Å². The Bertz CT molecular complexity index is 605. The molecular weight excluding hydrogens is 298 g/mol. The fourth-order valence-corrected chi connectivity index (χ4v) is 2.79. The molecule has 2 aliphatic rings. The Morgan fingerprint density at radius 2 is 2.09 bits per heavy atom. The number of rotatable bonds is 5. The molecule has 0 aromatic heterocycles. The molecule has 0 aliphatic carbocycles. The number of ether oxygens (including phenoxy) is 2. The second kappa shape index (κ2) is 6.87. The first kappa shape index (κ1) is 15.6. The van der Waals surface area contributed by atoms with Crippen LogP contribution in [0, 0.1) is 5.92 Å². The van der Waals surface area contributed by atoms with Crippen LogP contribution in [0.15, 0.2) is 18.2 Å². The Morgan fingerprint density at radius 3 is 2.87 bits per heavy atom. The van der Waals surface area contributed by atoms with E-state index in [4.69, 9.17) is 15.2 Å². The molecule has 2 amide bonds. The maximum Gasteiger partial charge on any atom is 0.227 e. The topological polar surface area (TPSA) is 93.9 Å². The minimum absolute atomic E-state index is 0.0550. The number of hydrogen-bond acceptors (Lipinski definition) is 5. The zero-order valence-corrected chi connectivity index (χ0v) is 12.9. The summed E-state index contributed by atoms with van der Waals surface area (Å²) in [6.07, 6.45) is 0.960. The van der Waals surface area contributed by atoms with E-state index < -0.39 is 0 Å². The number of hydrogen-bond donors (Lipinski definition) is 2. The van der Waals surface area contributed by atoms with Gasteiger partial charge in [0.1, 0.15) is 13.2 Å². The van der Waals surface area contributed by atoms with Gasteiger partial charge in [0.25, 0.3) is 0 Å². The fraction of sp³-hybridized carbons (Fsp3) is 0.500. The molecule has 0 saturated carbocycles. The second-order valence-electron chi connectivity index (χ2n) is 5.67. The molecule has 0 bridgehead atoms. The van der Waals surface area contributed by atoms with E-state index >= 15 is 0 Å². The highest BCUT2D eigenvalue weighted by atomic mass is 16.6. The van der Waals surface area contributed by atoms with Gasteiger partial charge in [-0.3, -0.25) is 9.59 Å². The van der Waals surface area contributed by atoms with Crippen molar-refractivity contribution in [2.45, 2.75) is 12.8 Å². The Morgan fingerprint density at radius 1 is 1.30 bits per heavy atom. The van der Waals surface area contributed by atoms with Crippen LogP contribution in [0.4, 0.5) is 5.69 Å². The third kappa shape index (κ3) is 3.39. The monoisotopic (exact) mass is 319 g/mol. The number of benzene rings is 1. The molecule has 2 heterocycles. The van der Waals surface area contributed by atoms with Gasteiger partial charge in [-0.05, 0) is 25.1 Å². The Balaban J connectivity index is 1.67. The standard InChI is InChI=1S/C16H21N3O4/c17-4-1-5-18-16(21)11-8-15(20)19(10-11)12-2-3-13-14(9-12)23-7-6-22-13/h2-3,9,11H,1,4-8,10,17H2,(H,18,21). The van der Waals surface area contributed by atoms with Gasteiger partial charge in [0, 0.05) is 31.3 Å². The summed E-state index contributed by atoms with van der Waals surface area (Å²) in [6.45, 7) is 2.49. The van der Waals surface area contributed by atoms with Gasteiger partial charge in [-0.15, -0.1) is 0 Å². The van der Waals surface area contributed by atoms with Crippen molar-refractivity contribution in [3.8, 4) is 11.5 Å². The molecule has 124 valence electrons. The van der Waals surface area contributed by atoms with E-state index in [1.807, 2.05) is 6.07 Å². The molecule has 3 N–H and O–H groups in total. The lowest BCUT2D eigenvalue weighted by atomic mass is 10.1. The minimum Gasteiger partial charge on any atom is -0.486 e. The second-order valence-corrected chi connectivity index (χ2v) is 5.67. The Labute approximate surface area is 134 Å². The summed E-state index contributed by atoms with van der Waals surface area (Å²) < 4.78 is 11.0.